The Balaban J connectivity index is 4.78. The van der Waals surface area contributed by atoms with Gasteiger partial charge in [0.25, 0.3) is 0 Å². The summed E-state index contributed by atoms with van der Waals surface area (Å²) in [5.41, 5.74) is 6.27. The first-order valence-electron chi connectivity index (χ1n) is 5.41. The molecule has 0 fully saturated rings. The highest BCUT2D eigenvalue weighted by Gasteiger charge is 2.34. The normalized spacial score (nSPS) is 15.0. The Morgan fingerprint density at radius 2 is 1.07 bits per heavy atom. The third-order valence-electron chi connectivity index (χ3n) is 2.19. The quantitative estimate of drug-likeness (QED) is 0.742. The molecular formula is C12H28N2. The lowest BCUT2D eigenvalue weighted by Crippen LogP contribution is -2.59. The largest absolute Gasteiger partial charge is 0.324 e. The van der Waals surface area contributed by atoms with Crippen molar-refractivity contribution in [1.82, 2.24) is 4.90 Å². The van der Waals surface area contributed by atoms with Gasteiger partial charge in [0.05, 0.1) is 0 Å². The SMILES string of the molecule is CC(C)(N)CN(C(C)(C)C)C(C)(C)C. The predicted octanol–water partition coefficient (Wildman–Crippen LogP) is 2.62. The number of nitrogens with zero attached hydrogens (tertiary/aromatic N) is 1. The zero-order chi connectivity index (χ0) is 11.8. The van der Waals surface area contributed by atoms with Crippen LogP contribution in [0.3, 0.4) is 0 Å². The maximum absolute atomic E-state index is 6.09. The third kappa shape index (κ3) is 4.97. The van der Waals surface area contributed by atoms with Crippen LogP contribution in [0.2, 0.25) is 0 Å². The summed E-state index contributed by atoms with van der Waals surface area (Å²) in [5.74, 6) is 0. The third-order valence-corrected chi connectivity index (χ3v) is 2.19. The summed E-state index contributed by atoms with van der Waals surface area (Å²) in [6, 6.07) is 0. The van der Waals surface area contributed by atoms with Gasteiger partial charge in [0, 0.05) is 23.2 Å². The van der Waals surface area contributed by atoms with Gasteiger partial charge in [0.15, 0.2) is 0 Å². The van der Waals surface area contributed by atoms with Gasteiger partial charge in [-0.2, -0.15) is 0 Å². The molecule has 0 heterocycles. The molecular weight excluding hydrogens is 172 g/mol. The summed E-state index contributed by atoms with van der Waals surface area (Å²) in [6.07, 6.45) is 0. The van der Waals surface area contributed by atoms with Gasteiger partial charge in [0.1, 0.15) is 0 Å². The van der Waals surface area contributed by atoms with Gasteiger partial charge in [-0.25, -0.2) is 0 Å². The Bertz CT molecular complexity index is 162. The molecule has 0 rings (SSSR count). The standard InChI is InChI=1S/C12H28N2/c1-10(2,3)14(11(4,5)6)9-12(7,8)13/h9,13H2,1-8H3. The molecule has 0 spiro atoms. The first-order valence-corrected chi connectivity index (χ1v) is 5.41. The summed E-state index contributed by atoms with van der Waals surface area (Å²) in [4.78, 5) is 2.46. The second-order valence-electron chi connectivity index (χ2n) is 6.92. The van der Waals surface area contributed by atoms with Crippen LogP contribution in [0.1, 0.15) is 55.4 Å². The second-order valence-corrected chi connectivity index (χ2v) is 6.92. The van der Waals surface area contributed by atoms with E-state index in [1.807, 2.05) is 0 Å². The average Bonchev–Trinajstić information content (AvgIpc) is 1.75. The van der Waals surface area contributed by atoms with Gasteiger partial charge in [-0.1, -0.05) is 0 Å². The van der Waals surface area contributed by atoms with E-state index in [9.17, 15) is 0 Å². The van der Waals surface area contributed by atoms with Crippen molar-refractivity contribution in [2.75, 3.05) is 6.54 Å². The fourth-order valence-electron chi connectivity index (χ4n) is 1.89. The minimum atomic E-state index is -0.138. The van der Waals surface area contributed by atoms with Crippen LogP contribution >= 0.6 is 0 Å². The smallest absolute Gasteiger partial charge is 0.0226 e. The molecule has 2 nitrogen and oxygen atoms in total. The van der Waals surface area contributed by atoms with E-state index in [0.29, 0.717) is 0 Å². The van der Waals surface area contributed by atoms with Crippen LogP contribution in [0.5, 0.6) is 0 Å². The fourth-order valence-corrected chi connectivity index (χ4v) is 1.89. The summed E-state index contributed by atoms with van der Waals surface area (Å²) < 4.78 is 0. The molecule has 0 aliphatic carbocycles. The number of nitrogens with two attached hydrogens (primary N) is 1. The molecule has 0 saturated carbocycles. The van der Waals surface area contributed by atoms with Gasteiger partial charge in [-0.05, 0) is 55.4 Å². The molecule has 0 atom stereocenters. The summed E-state index contributed by atoms with van der Waals surface area (Å²) in [7, 11) is 0. The van der Waals surface area contributed by atoms with Gasteiger partial charge >= 0.3 is 0 Å². The van der Waals surface area contributed by atoms with Crippen molar-refractivity contribution in [2.24, 2.45) is 5.73 Å². The first kappa shape index (κ1) is 13.9. The van der Waals surface area contributed by atoms with Crippen LogP contribution < -0.4 is 5.73 Å². The Hall–Kier alpha value is -0.0800. The molecule has 86 valence electrons. The molecule has 0 bridgehead atoms. The van der Waals surface area contributed by atoms with Crippen molar-refractivity contribution < 1.29 is 0 Å². The Labute approximate surface area is 89.9 Å². The highest BCUT2D eigenvalue weighted by Crippen LogP contribution is 2.26. The summed E-state index contributed by atoms with van der Waals surface area (Å²) in [5, 5.41) is 0. The van der Waals surface area contributed by atoms with Crippen LogP contribution in [0.15, 0.2) is 0 Å². The van der Waals surface area contributed by atoms with Crippen LogP contribution in [0, 0.1) is 0 Å². The molecule has 0 saturated heterocycles. The van der Waals surface area contributed by atoms with Crippen LogP contribution in [-0.2, 0) is 0 Å². The van der Waals surface area contributed by atoms with Gasteiger partial charge in [-0.15, -0.1) is 0 Å². The lowest BCUT2D eigenvalue weighted by molar-refractivity contribution is 0.0215. The topological polar surface area (TPSA) is 29.3 Å². The molecule has 0 aromatic carbocycles. The average molecular weight is 200 g/mol. The molecule has 2 heteroatoms. The van der Waals surface area contributed by atoms with E-state index in [1.165, 1.54) is 0 Å². The zero-order valence-corrected chi connectivity index (χ0v) is 11.2. The zero-order valence-electron chi connectivity index (χ0n) is 11.2. The van der Waals surface area contributed by atoms with E-state index in [2.05, 4.69) is 60.3 Å². The minimum absolute atomic E-state index is 0.138. The van der Waals surface area contributed by atoms with E-state index >= 15 is 0 Å². The number of hydrogen-bond acceptors (Lipinski definition) is 2. The minimum Gasteiger partial charge on any atom is -0.324 e. The summed E-state index contributed by atoms with van der Waals surface area (Å²) in [6.45, 7) is 18.5. The van der Waals surface area contributed by atoms with E-state index < -0.39 is 0 Å². The molecule has 0 aromatic rings. The molecule has 14 heavy (non-hydrogen) atoms. The summed E-state index contributed by atoms with van der Waals surface area (Å²) >= 11 is 0. The Kier molecular flexibility index (Phi) is 3.80. The Morgan fingerprint density at radius 1 is 0.786 bits per heavy atom. The van der Waals surface area contributed by atoms with Crippen molar-refractivity contribution in [2.45, 2.75) is 72.0 Å². The highest BCUT2D eigenvalue weighted by molar-refractivity contribution is 4.91. The van der Waals surface area contributed by atoms with E-state index in [4.69, 9.17) is 5.73 Å². The van der Waals surface area contributed by atoms with Crippen molar-refractivity contribution in [3.63, 3.8) is 0 Å². The van der Waals surface area contributed by atoms with Gasteiger partial charge in [0.2, 0.25) is 0 Å². The lowest BCUT2D eigenvalue weighted by atomic mass is 9.92. The lowest BCUT2D eigenvalue weighted by Gasteiger charge is -2.48. The molecule has 0 aromatic heterocycles. The van der Waals surface area contributed by atoms with Crippen molar-refractivity contribution in [3.8, 4) is 0 Å². The van der Waals surface area contributed by atoms with E-state index in [0.717, 1.165) is 6.54 Å². The van der Waals surface area contributed by atoms with Crippen LogP contribution in [0.4, 0.5) is 0 Å². The van der Waals surface area contributed by atoms with Crippen LogP contribution in [0.25, 0.3) is 0 Å². The second kappa shape index (κ2) is 3.82. The fraction of sp³-hybridized carbons (Fsp3) is 1.00. The van der Waals surface area contributed by atoms with Gasteiger partial charge < -0.3 is 5.73 Å². The van der Waals surface area contributed by atoms with E-state index in [-0.39, 0.29) is 16.6 Å². The maximum atomic E-state index is 6.09. The monoisotopic (exact) mass is 200 g/mol. The maximum Gasteiger partial charge on any atom is 0.0226 e. The van der Waals surface area contributed by atoms with Crippen molar-refractivity contribution in [1.29, 1.82) is 0 Å². The van der Waals surface area contributed by atoms with Crippen LogP contribution in [-0.4, -0.2) is 28.1 Å². The first-order chi connectivity index (χ1) is 5.84. The van der Waals surface area contributed by atoms with Crippen molar-refractivity contribution in [3.05, 3.63) is 0 Å². The Morgan fingerprint density at radius 3 is 1.14 bits per heavy atom. The highest BCUT2D eigenvalue weighted by atomic mass is 15.3. The predicted molar refractivity (Wildman–Crippen MR) is 64.5 cm³/mol. The number of hydrogen-bond donors (Lipinski definition) is 1. The van der Waals surface area contributed by atoms with E-state index in [1.54, 1.807) is 0 Å². The molecule has 0 aliphatic rings. The molecule has 0 aliphatic heterocycles. The van der Waals surface area contributed by atoms with Crippen molar-refractivity contribution >= 4 is 0 Å². The molecule has 2 N–H and O–H groups in total. The molecule has 0 unspecified atom stereocenters. The molecule has 0 radical (unpaired) electrons. The number of rotatable bonds is 2. The molecule has 0 amide bonds. The van der Waals surface area contributed by atoms with Gasteiger partial charge in [-0.3, -0.25) is 4.90 Å².